The Kier molecular flexibility index (Phi) is 4.11. The highest BCUT2D eigenvalue weighted by atomic mass is 35.7. The van der Waals surface area contributed by atoms with Crippen LogP contribution in [-0.2, 0) is 13.9 Å². The molecular formula is C6H12ClNO3P+. The quantitative estimate of drug-likeness (QED) is 0.725. The molecule has 0 aromatic rings. The van der Waals surface area contributed by atoms with Crippen LogP contribution in [0.4, 0.5) is 0 Å². The second-order valence-electron chi connectivity index (χ2n) is 3.03. The number of carbonyl (C=O) groups is 1. The Morgan fingerprint density at radius 3 is 2.33 bits per heavy atom. The van der Waals surface area contributed by atoms with Gasteiger partial charge in [0, 0.05) is 4.57 Å². The summed E-state index contributed by atoms with van der Waals surface area (Å²) in [6, 6.07) is 0. The number of nitrogens with two attached hydrogens (primary N) is 1. The van der Waals surface area contributed by atoms with Crippen molar-refractivity contribution in [3.8, 4) is 0 Å². The van der Waals surface area contributed by atoms with Crippen LogP contribution in [0.25, 0.3) is 0 Å². The van der Waals surface area contributed by atoms with Crippen LogP contribution in [0.2, 0.25) is 0 Å². The molecule has 2 unspecified atom stereocenters. The highest BCUT2D eigenvalue weighted by molar-refractivity contribution is 7.70. The third-order valence-corrected chi connectivity index (χ3v) is 2.31. The Morgan fingerprint density at radius 1 is 1.67 bits per heavy atom. The number of hydrogen-bond donors (Lipinski definition) is 1. The van der Waals surface area contributed by atoms with Crippen molar-refractivity contribution in [1.82, 2.24) is 0 Å². The SMILES string of the molecule is CC(C)C(C)(N)C(=O)O[P+](=O)Cl. The molecular weight excluding hydrogens is 200 g/mol. The summed E-state index contributed by atoms with van der Waals surface area (Å²) in [5.74, 6) is -0.842. The molecule has 4 nitrogen and oxygen atoms in total. The molecule has 0 fully saturated rings. The molecule has 2 N–H and O–H groups in total. The van der Waals surface area contributed by atoms with Crippen LogP contribution in [0.1, 0.15) is 20.8 Å². The molecule has 0 heterocycles. The molecule has 0 aromatic carbocycles. The van der Waals surface area contributed by atoms with Crippen molar-refractivity contribution in [1.29, 1.82) is 0 Å². The molecule has 0 amide bonds. The predicted molar refractivity (Wildman–Crippen MR) is 47.0 cm³/mol. The van der Waals surface area contributed by atoms with Gasteiger partial charge in [0.25, 0.3) is 11.2 Å². The van der Waals surface area contributed by atoms with Crippen LogP contribution < -0.4 is 5.73 Å². The lowest BCUT2D eigenvalue weighted by Gasteiger charge is -2.22. The van der Waals surface area contributed by atoms with Gasteiger partial charge in [0.05, 0.1) is 0 Å². The molecule has 0 aliphatic heterocycles. The lowest BCUT2D eigenvalue weighted by Crippen LogP contribution is -2.49. The third kappa shape index (κ3) is 3.05. The average Bonchev–Trinajstić information content (AvgIpc) is 1.85. The third-order valence-electron chi connectivity index (χ3n) is 1.79. The van der Waals surface area contributed by atoms with Crippen molar-refractivity contribution in [2.75, 3.05) is 0 Å². The van der Waals surface area contributed by atoms with E-state index >= 15 is 0 Å². The molecule has 0 radical (unpaired) electrons. The fourth-order valence-electron chi connectivity index (χ4n) is 0.399. The summed E-state index contributed by atoms with van der Waals surface area (Å²) < 4.78 is 14.6. The van der Waals surface area contributed by atoms with E-state index in [2.05, 4.69) is 4.52 Å². The zero-order valence-electron chi connectivity index (χ0n) is 7.20. The summed E-state index contributed by atoms with van der Waals surface area (Å²) in [6.07, 6.45) is 0. The van der Waals surface area contributed by atoms with E-state index in [0.29, 0.717) is 0 Å². The molecule has 0 rings (SSSR count). The monoisotopic (exact) mass is 212 g/mol. The fourth-order valence-corrected chi connectivity index (χ4v) is 0.914. The van der Waals surface area contributed by atoms with E-state index in [1.165, 1.54) is 6.92 Å². The van der Waals surface area contributed by atoms with E-state index in [1.807, 2.05) is 0 Å². The standard InChI is InChI=1S/C6H12ClNO3P/c1-4(2)6(3,8)5(9)11-12(7)10/h4H,8H2,1-3H3/q+1. The van der Waals surface area contributed by atoms with Gasteiger partial charge in [-0.05, 0) is 12.8 Å². The van der Waals surface area contributed by atoms with Crippen molar-refractivity contribution < 1.29 is 13.9 Å². The first kappa shape index (κ1) is 11.8. The van der Waals surface area contributed by atoms with E-state index in [-0.39, 0.29) is 5.92 Å². The number of halogens is 1. The van der Waals surface area contributed by atoms with E-state index in [4.69, 9.17) is 17.0 Å². The van der Waals surface area contributed by atoms with Crippen molar-refractivity contribution in [3.05, 3.63) is 0 Å². The molecule has 70 valence electrons. The first-order chi connectivity index (χ1) is 5.28. The summed E-state index contributed by atoms with van der Waals surface area (Å²) in [5.41, 5.74) is 4.45. The Morgan fingerprint density at radius 2 is 2.08 bits per heavy atom. The topological polar surface area (TPSA) is 69.4 Å². The van der Waals surface area contributed by atoms with Gasteiger partial charge in [-0.1, -0.05) is 13.8 Å². The zero-order valence-corrected chi connectivity index (χ0v) is 8.85. The zero-order chi connectivity index (χ0) is 9.94. The largest absolute Gasteiger partial charge is 0.686 e. The lowest BCUT2D eigenvalue weighted by molar-refractivity contribution is -0.140. The summed E-state index contributed by atoms with van der Waals surface area (Å²) in [4.78, 5) is 11.1. The van der Waals surface area contributed by atoms with Gasteiger partial charge in [0.15, 0.2) is 0 Å². The van der Waals surface area contributed by atoms with Gasteiger partial charge >= 0.3 is 13.3 Å². The van der Waals surface area contributed by atoms with Gasteiger partial charge in [-0.15, -0.1) is 0 Å². The van der Waals surface area contributed by atoms with Crippen LogP contribution in [0, 0.1) is 5.92 Å². The van der Waals surface area contributed by atoms with Gasteiger partial charge in [0.1, 0.15) is 5.54 Å². The van der Waals surface area contributed by atoms with Gasteiger partial charge < -0.3 is 5.73 Å². The van der Waals surface area contributed by atoms with Crippen LogP contribution in [0.3, 0.4) is 0 Å². The summed E-state index contributed by atoms with van der Waals surface area (Å²) in [5, 5.41) is 0. The Labute approximate surface area is 77.1 Å². The van der Waals surface area contributed by atoms with Crippen molar-refractivity contribution in [2.24, 2.45) is 11.7 Å². The molecule has 0 aliphatic carbocycles. The molecule has 0 spiro atoms. The summed E-state index contributed by atoms with van der Waals surface area (Å²) >= 11 is 4.99. The Hall–Kier alpha value is -0.180. The highest BCUT2D eigenvalue weighted by Gasteiger charge is 2.39. The maximum Gasteiger partial charge on any atom is 0.686 e. The van der Waals surface area contributed by atoms with E-state index in [9.17, 15) is 9.36 Å². The van der Waals surface area contributed by atoms with Crippen molar-refractivity contribution >= 4 is 24.6 Å². The molecule has 6 heteroatoms. The fraction of sp³-hybridized carbons (Fsp3) is 0.833. The number of hydrogen-bond acceptors (Lipinski definition) is 4. The van der Waals surface area contributed by atoms with Gasteiger partial charge in [-0.2, -0.15) is 4.52 Å². The Balaban J connectivity index is 4.36. The highest BCUT2D eigenvalue weighted by Crippen LogP contribution is 2.30. The van der Waals surface area contributed by atoms with Gasteiger partial charge in [-0.25, -0.2) is 4.79 Å². The minimum Gasteiger partial charge on any atom is -0.316 e. The number of carbonyl (C=O) groups excluding carboxylic acids is 1. The maximum absolute atomic E-state index is 11.1. The molecule has 0 saturated heterocycles. The van der Waals surface area contributed by atoms with Gasteiger partial charge in [0.2, 0.25) is 0 Å². The first-order valence-corrected chi connectivity index (χ1v) is 5.51. The van der Waals surface area contributed by atoms with Crippen LogP contribution in [0.15, 0.2) is 0 Å². The molecule has 2 atom stereocenters. The lowest BCUT2D eigenvalue weighted by atomic mass is 9.90. The normalized spacial score (nSPS) is 17.0. The summed E-state index contributed by atoms with van der Waals surface area (Å²) in [6.45, 7) is 5.04. The van der Waals surface area contributed by atoms with Crippen molar-refractivity contribution in [2.45, 2.75) is 26.3 Å². The second-order valence-corrected chi connectivity index (χ2v) is 4.46. The van der Waals surface area contributed by atoms with E-state index < -0.39 is 18.9 Å². The number of rotatable bonds is 3. The molecule has 0 aromatic heterocycles. The molecule has 0 aliphatic rings. The summed E-state index contributed by atoms with van der Waals surface area (Å²) in [7, 11) is -2.44. The second kappa shape index (κ2) is 4.17. The minimum absolute atomic E-state index is 0.100. The Bertz CT molecular complexity index is 205. The molecule has 0 bridgehead atoms. The molecule has 12 heavy (non-hydrogen) atoms. The molecule has 0 saturated carbocycles. The smallest absolute Gasteiger partial charge is 0.316 e. The van der Waals surface area contributed by atoms with E-state index in [0.717, 1.165) is 0 Å². The van der Waals surface area contributed by atoms with Crippen LogP contribution >= 0.6 is 18.6 Å². The predicted octanol–water partition coefficient (Wildman–Crippen LogP) is 1.80. The van der Waals surface area contributed by atoms with Crippen LogP contribution in [0.5, 0.6) is 0 Å². The minimum atomic E-state index is -2.44. The van der Waals surface area contributed by atoms with Crippen molar-refractivity contribution in [3.63, 3.8) is 0 Å². The average molecular weight is 213 g/mol. The van der Waals surface area contributed by atoms with Crippen LogP contribution in [-0.4, -0.2) is 11.5 Å². The van der Waals surface area contributed by atoms with E-state index in [1.54, 1.807) is 13.8 Å². The first-order valence-electron chi connectivity index (χ1n) is 3.42. The van der Waals surface area contributed by atoms with Gasteiger partial charge in [-0.3, -0.25) is 0 Å². The maximum atomic E-state index is 11.1.